The van der Waals surface area contributed by atoms with Gasteiger partial charge in [0.1, 0.15) is 36.6 Å². The molecule has 6 aliphatic rings. The lowest BCUT2D eigenvalue weighted by atomic mass is 9.42. The Labute approximate surface area is 306 Å². The Bertz CT molecular complexity index is 1260. The van der Waals surface area contributed by atoms with Crippen molar-refractivity contribution >= 4 is 0 Å². The fraction of sp³-hybridized carbons (Fsp3) is 0.947. The first-order valence-electron chi connectivity index (χ1n) is 19.4. The van der Waals surface area contributed by atoms with Crippen LogP contribution < -0.4 is 0 Å². The molecule has 4 saturated carbocycles. The quantitative estimate of drug-likeness (QED) is 0.105. The molecule has 10 N–H and O–H groups in total. The molecule has 0 aromatic rings. The van der Waals surface area contributed by atoms with Crippen molar-refractivity contribution in [1.82, 2.24) is 0 Å². The summed E-state index contributed by atoms with van der Waals surface area (Å²) in [6.07, 6.45) is -6.34. The number of aliphatic hydroxyl groups excluding tert-OH is 9. The monoisotopic (exact) mass is 744 g/mol. The predicted molar refractivity (Wildman–Crippen MR) is 184 cm³/mol. The van der Waals surface area contributed by atoms with Crippen molar-refractivity contribution in [2.75, 3.05) is 19.8 Å². The van der Waals surface area contributed by atoms with Crippen molar-refractivity contribution in [3.63, 3.8) is 0 Å². The molecule has 2 aliphatic heterocycles. The predicted octanol–water partition coefficient (Wildman–Crippen LogP) is -0.583. The Morgan fingerprint density at radius 3 is 1.96 bits per heavy atom. The Kier molecular flexibility index (Phi) is 12.0. The molecule has 300 valence electrons. The summed E-state index contributed by atoms with van der Waals surface area (Å²) in [4.78, 5) is 0. The second-order valence-corrected chi connectivity index (χ2v) is 17.9. The Balaban J connectivity index is 1.11. The molecule has 0 amide bonds. The highest BCUT2D eigenvalue weighted by Gasteiger charge is 2.72. The van der Waals surface area contributed by atoms with Crippen LogP contribution in [-0.2, 0) is 18.9 Å². The third-order valence-corrected chi connectivity index (χ3v) is 14.8. The van der Waals surface area contributed by atoms with Crippen LogP contribution >= 0.6 is 0 Å². The number of allylic oxidation sites excluding steroid dienone is 2. The van der Waals surface area contributed by atoms with Crippen molar-refractivity contribution in [1.29, 1.82) is 0 Å². The zero-order chi connectivity index (χ0) is 38.1. The van der Waals surface area contributed by atoms with E-state index in [1.165, 1.54) is 0 Å². The van der Waals surface area contributed by atoms with E-state index in [4.69, 9.17) is 18.9 Å². The van der Waals surface area contributed by atoms with Crippen molar-refractivity contribution < 1.29 is 70.0 Å². The average Bonchev–Trinajstić information content (AvgIpc) is 3.30. The smallest absolute Gasteiger partial charge is 0.186 e. The molecule has 0 aromatic heterocycles. The topological polar surface area (TPSA) is 239 Å². The van der Waals surface area contributed by atoms with Gasteiger partial charge in [-0.1, -0.05) is 46.8 Å². The van der Waals surface area contributed by atoms with Crippen LogP contribution in [0.25, 0.3) is 0 Å². The molecule has 0 spiro atoms. The van der Waals surface area contributed by atoms with Crippen LogP contribution in [0.2, 0.25) is 0 Å². The fourth-order valence-electron chi connectivity index (χ4n) is 11.6. The summed E-state index contributed by atoms with van der Waals surface area (Å²) < 4.78 is 22.7. The first-order chi connectivity index (χ1) is 24.3. The van der Waals surface area contributed by atoms with E-state index in [9.17, 15) is 51.1 Å². The van der Waals surface area contributed by atoms with Gasteiger partial charge >= 0.3 is 0 Å². The fourth-order valence-corrected chi connectivity index (χ4v) is 11.6. The number of ether oxygens (including phenoxy) is 4. The number of hydrogen-bond donors (Lipinski definition) is 10. The minimum Gasteiger partial charge on any atom is -0.393 e. The molecule has 22 atom stereocenters. The molecule has 2 saturated heterocycles. The van der Waals surface area contributed by atoms with Gasteiger partial charge < -0.3 is 70.0 Å². The lowest BCUT2D eigenvalue weighted by Crippen LogP contribution is -2.69. The summed E-state index contributed by atoms with van der Waals surface area (Å²) in [7, 11) is 0. The molecule has 0 aromatic carbocycles. The van der Waals surface area contributed by atoms with Gasteiger partial charge in [0.15, 0.2) is 12.6 Å². The van der Waals surface area contributed by atoms with Gasteiger partial charge in [-0.15, -0.1) is 0 Å². The van der Waals surface area contributed by atoms with E-state index >= 15 is 0 Å². The van der Waals surface area contributed by atoms with Gasteiger partial charge in [0.2, 0.25) is 0 Å². The zero-order valence-electron chi connectivity index (χ0n) is 31.1. The van der Waals surface area contributed by atoms with E-state index in [-0.39, 0.29) is 67.9 Å². The summed E-state index contributed by atoms with van der Waals surface area (Å²) in [6.45, 7) is 10.2. The minimum absolute atomic E-state index is 0.000483. The van der Waals surface area contributed by atoms with E-state index in [2.05, 4.69) is 26.0 Å². The van der Waals surface area contributed by atoms with Crippen LogP contribution in [0.5, 0.6) is 0 Å². The van der Waals surface area contributed by atoms with Gasteiger partial charge in [-0.3, -0.25) is 0 Å². The molecule has 6 fully saturated rings. The van der Waals surface area contributed by atoms with Crippen LogP contribution in [0, 0.1) is 52.3 Å². The third kappa shape index (κ3) is 6.95. The van der Waals surface area contributed by atoms with Crippen LogP contribution in [0.1, 0.15) is 73.1 Å². The summed E-state index contributed by atoms with van der Waals surface area (Å²) in [6, 6.07) is 0. The maximum atomic E-state index is 12.8. The first kappa shape index (κ1) is 40.8. The molecular formula is C38H64O14. The number of hydrogen-bond acceptors (Lipinski definition) is 14. The standard InChI is InChI=1S/C38H64O14/c1-17(19(3)14-49-34-31(46)27(42)23(40)15-50-34)6-7-18(2)26-29(44)30(45)33-37(26,5)11-9-25-36(4)10-8-20(12-21(36)22(39)13-38(25,33)48)52-35-32(47)28(43)24(41)16-51-35/h6-7,17-35,39-48H,8-16H2,1-5H3. The normalized spacial score (nSPS) is 54.2. The molecule has 14 nitrogen and oxygen atoms in total. The summed E-state index contributed by atoms with van der Waals surface area (Å²) in [5.41, 5.74) is -2.51. The average molecular weight is 745 g/mol. The number of aliphatic hydroxyl groups is 10. The molecule has 22 unspecified atom stereocenters. The molecule has 6 rings (SSSR count). The summed E-state index contributed by atoms with van der Waals surface area (Å²) in [5.74, 6) is -1.60. The first-order valence-corrected chi connectivity index (χ1v) is 19.4. The lowest BCUT2D eigenvalue weighted by Gasteiger charge is -2.66. The molecular weight excluding hydrogens is 680 g/mol. The molecule has 0 bridgehead atoms. The van der Waals surface area contributed by atoms with E-state index < -0.39 is 89.9 Å². The van der Waals surface area contributed by atoms with Crippen molar-refractivity contribution in [3.8, 4) is 0 Å². The maximum Gasteiger partial charge on any atom is 0.186 e. The Morgan fingerprint density at radius 1 is 0.712 bits per heavy atom. The summed E-state index contributed by atoms with van der Waals surface area (Å²) in [5, 5.41) is 108. The van der Waals surface area contributed by atoms with Crippen molar-refractivity contribution in [2.24, 2.45) is 52.3 Å². The Hall–Kier alpha value is -0.820. The zero-order valence-corrected chi connectivity index (χ0v) is 31.1. The maximum absolute atomic E-state index is 12.8. The van der Waals surface area contributed by atoms with Gasteiger partial charge in [-0.25, -0.2) is 0 Å². The number of fused-ring (bicyclic) bond motifs is 5. The van der Waals surface area contributed by atoms with Crippen LogP contribution in [-0.4, -0.2) is 150 Å². The second-order valence-electron chi connectivity index (χ2n) is 17.9. The molecule has 0 radical (unpaired) electrons. The van der Waals surface area contributed by atoms with Gasteiger partial charge in [0.05, 0.1) is 49.8 Å². The Morgan fingerprint density at radius 2 is 1.31 bits per heavy atom. The molecule has 2 heterocycles. The third-order valence-electron chi connectivity index (χ3n) is 14.8. The van der Waals surface area contributed by atoms with Crippen molar-refractivity contribution in [2.45, 2.75) is 152 Å². The largest absolute Gasteiger partial charge is 0.393 e. The number of rotatable bonds is 9. The second kappa shape index (κ2) is 15.3. The van der Waals surface area contributed by atoms with Gasteiger partial charge in [0, 0.05) is 12.3 Å². The van der Waals surface area contributed by atoms with Gasteiger partial charge in [-0.2, -0.15) is 0 Å². The highest BCUT2D eigenvalue weighted by atomic mass is 16.7. The SMILES string of the molecule is CC(C=CC(C)C1C(O)C(O)C2C1(C)CCC1C3(C)CCC(OC4OCC(O)C(O)C4O)CC3C(O)CC12O)C(C)COC1OCC(O)C(O)C1O. The van der Waals surface area contributed by atoms with E-state index in [0.29, 0.717) is 32.1 Å². The molecule has 4 aliphatic carbocycles. The summed E-state index contributed by atoms with van der Waals surface area (Å²) >= 11 is 0. The highest BCUT2D eigenvalue weighted by molar-refractivity contribution is 5.22. The minimum atomic E-state index is -1.42. The van der Waals surface area contributed by atoms with Gasteiger partial charge in [-0.05, 0) is 78.4 Å². The lowest BCUT2D eigenvalue weighted by molar-refractivity contribution is -0.300. The van der Waals surface area contributed by atoms with Gasteiger partial charge in [0.25, 0.3) is 0 Å². The van der Waals surface area contributed by atoms with E-state index in [1.54, 1.807) is 0 Å². The van der Waals surface area contributed by atoms with Crippen molar-refractivity contribution in [3.05, 3.63) is 12.2 Å². The van der Waals surface area contributed by atoms with Crippen LogP contribution in [0.3, 0.4) is 0 Å². The highest BCUT2D eigenvalue weighted by Crippen LogP contribution is 2.70. The van der Waals surface area contributed by atoms with Crippen LogP contribution in [0.15, 0.2) is 12.2 Å². The molecule has 14 heteroatoms. The van der Waals surface area contributed by atoms with E-state index in [0.717, 1.165) is 0 Å². The van der Waals surface area contributed by atoms with Crippen LogP contribution in [0.4, 0.5) is 0 Å². The van der Waals surface area contributed by atoms with E-state index in [1.807, 2.05) is 20.8 Å². The molecule has 52 heavy (non-hydrogen) atoms.